The number of nitrogens with zero attached hydrogens (tertiary/aromatic N) is 1. The number of halogens is 4. The van der Waals surface area contributed by atoms with Gasteiger partial charge in [-0.15, -0.1) is 0 Å². The van der Waals surface area contributed by atoms with Crippen LogP contribution in [0.15, 0.2) is 27.9 Å². The van der Waals surface area contributed by atoms with Gasteiger partial charge < -0.3 is 5.32 Å². The molecule has 100 valence electrons. The predicted octanol–water partition coefficient (Wildman–Crippen LogP) is 3.85. The van der Waals surface area contributed by atoms with Crippen molar-refractivity contribution in [3.63, 3.8) is 0 Å². The quantitative estimate of drug-likeness (QED) is 0.626. The number of hydrogen-bond donors (Lipinski definition) is 1. The molecule has 1 amide bonds. The number of nitrogens with one attached hydrogen (secondary N) is 1. The van der Waals surface area contributed by atoms with E-state index in [-0.39, 0.29) is 5.69 Å². The number of alkyl halides is 3. The molecule has 0 fully saturated rings. The minimum Gasteiger partial charge on any atom is -0.322 e. The minimum absolute atomic E-state index is 0.00905. The summed E-state index contributed by atoms with van der Waals surface area (Å²) in [6.07, 6.45) is -3.38. The highest BCUT2D eigenvalue weighted by molar-refractivity contribution is 14.1. The number of anilines is 1. The lowest BCUT2D eigenvalue weighted by Gasteiger charge is -2.11. The number of hydrogen-bond acceptors (Lipinski definition) is 2. The number of amides is 1. The normalized spacial score (nSPS) is 11.9. The number of carbonyl (C=O) groups is 1. The third kappa shape index (κ3) is 4.55. The second-order valence-corrected chi connectivity index (χ2v) is 5.29. The Hall–Kier alpha value is -1.56. The van der Waals surface area contributed by atoms with Crippen LogP contribution in [0.4, 0.5) is 18.9 Å². The van der Waals surface area contributed by atoms with Crippen LogP contribution in [0, 0.1) is 11.3 Å². The first kappa shape index (κ1) is 15.5. The van der Waals surface area contributed by atoms with Gasteiger partial charge in [-0.2, -0.15) is 18.4 Å². The number of allylic oxidation sites excluding steroid dienone is 1. The summed E-state index contributed by atoms with van der Waals surface area (Å²) >= 11 is 1.91. The lowest BCUT2D eigenvalue weighted by atomic mass is 10.1. The Morgan fingerprint density at radius 2 is 2.11 bits per heavy atom. The number of rotatable bonds is 2. The van der Waals surface area contributed by atoms with E-state index in [9.17, 15) is 18.0 Å². The van der Waals surface area contributed by atoms with E-state index in [4.69, 9.17) is 5.26 Å². The molecule has 19 heavy (non-hydrogen) atoms. The number of carbonyl (C=O) groups excluding carboxylic acids is 1. The van der Waals surface area contributed by atoms with Crippen LogP contribution in [-0.2, 0) is 11.0 Å². The van der Waals surface area contributed by atoms with Crippen molar-refractivity contribution >= 4 is 34.2 Å². The first-order valence-corrected chi connectivity index (χ1v) is 6.08. The molecule has 0 aliphatic carbocycles. The van der Waals surface area contributed by atoms with Gasteiger partial charge in [0, 0.05) is 11.8 Å². The molecule has 0 heterocycles. The summed E-state index contributed by atoms with van der Waals surface area (Å²) in [6.45, 7) is 1.68. The maximum Gasteiger partial charge on any atom is 0.417 e. The second kappa shape index (κ2) is 6.06. The second-order valence-electron chi connectivity index (χ2n) is 3.59. The summed E-state index contributed by atoms with van der Waals surface area (Å²) in [5.41, 5.74) is -1.56. The van der Waals surface area contributed by atoms with Crippen LogP contribution in [0.1, 0.15) is 18.1 Å². The molecular formula is C12H8F3IN2O. The molecule has 0 spiro atoms. The van der Waals surface area contributed by atoms with E-state index in [1.165, 1.54) is 18.2 Å². The highest BCUT2D eigenvalue weighted by Crippen LogP contribution is 2.33. The summed E-state index contributed by atoms with van der Waals surface area (Å²) in [5.74, 6) is -0.523. The third-order valence-electron chi connectivity index (χ3n) is 2.04. The zero-order valence-electron chi connectivity index (χ0n) is 9.68. The van der Waals surface area contributed by atoms with E-state index in [0.717, 1.165) is 12.1 Å². The number of benzene rings is 1. The Morgan fingerprint density at radius 3 is 2.58 bits per heavy atom. The first-order valence-electron chi connectivity index (χ1n) is 5.00. The molecule has 0 aliphatic heterocycles. The lowest BCUT2D eigenvalue weighted by molar-refractivity contribution is -0.137. The maximum atomic E-state index is 12.7. The van der Waals surface area contributed by atoms with Crippen molar-refractivity contribution in [1.82, 2.24) is 0 Å². The van der Waals surface area contributed by atoms with Gasteiger partial charge in [-0.3, -0.25) is 4.79 Å². The Bertz CT molecular complexity index is 569. The molecule has 3 nitrogen and oxygen atoms in total. The van der Waals surface area contributed by atoms with Crippen LogP contribution in [0.5, 0.6) is 0 Å². The summed E-state index contributed by atoms with van der Waals surface area (Å²) in [5, 5.41) is 10.9. The van der Waals surface area contributed by atoms with Crippen LogP contribution < -0.4 is 5.32 Å². The van der Waals surface area contributed by atoms with Gasteiger partial charge in [-0.25, -0.2) is 0 Å². The van der Waals surface area contributed by atoms with E-state index < -0.39 is 23.2 Å². The van der Waals surface area contributed by atoms with Gasteiger partial charge in [-0.1, -0.05) is 0 Å². The van der Waals surface area contributed by atoms with Crippen molar-refractivity contribution in [3.8, 4) is 6.07 Å². The van der Waals surface area contributed by atoms with E-state index in [2.05, 4.69) is 5.32 Å². The maximum absolute atomic E-state index is 12.7. The molecular weight excluding hydrogens is 372 g/mol. The fourth-order valence-electron chi connectivity index (χ4n) is 1.31. The fourth-order valence-corrected chi connectivity index (χ4v) is 1.60. The van der Waals surface area contributed by atoms with Gasteiger partial charge in [0.1, 0.15) is 0 Å². The van der Waals surface area contributed by atoms with Crippen LogP contribution in [-0.4, -0.2) is 5.91 Å². The fraction of sp³-hybridized carbons (Fsp3) is 0.167. The molecule has 7 heteroatoms. The van der Waals surface area contributed by atoms with E-state index in [0.29, 0.717) is 3.58 Å². The van der Waals surface area contributed by atoms with E-state index in [1.54, 1.807) is 6.92 Å². The average molecular weight is 380 g/mol. The van der Waals surface area contributed by atoms with Gasteiger partial charge in [0.05, 0.1) is 17.2 Å². The van der Waals surface area contributed by atoms with Crippen molar-refractivity contribution in [2.75, 3.05) is 5.32 Å². The molecule has 1 N–H and O–H groups in total. The standard InChI is InChI=1S/C12H8F3IN2O/c1-7(16)4-11(19)18-9-3-2-8(6-17)10(5-9)12(13,14)15/h2-5H,1H3,(H,18,19)/b7-4-. The third-order valence-corrected chi connectivity index (χ3v) is 2.35. The lowest BCUT2D eigenvalue weighted by Crippen LogP contribution is -2.12. The predicted molar refractivity (Wildman–Crippen MR) is 72.6 cm³/mol. The van der Waals surface area contributed by atoms with Gasteiger partial charge in [0.15, 0.2) is 0 Å². The molecule has 0 saturated heterocycles. The molecule has 0 aromatic heterocycles. The van der Waals surface area contributed by atoms with E-state index in [1.807, 2.05) is 22.6 Å². The summed E-state index contributed by atoms with van der Waals surface area (Å²) in [6, 6.07) is 4.49. The molecule has 1 aromatic rings. The largest absolute Gasteiger partial charge is 0.417 e. The van der Waals surface area contributed by atoms with Crippen molar-refractivity contribution in [2.24, 2.45) is 0 Å². The zero-order chi connectivity index (χ0) is 14.6. The van der Waals surface area contributed by atoms with Gasteiger partial charge in [0.2, 0.25) is 5.91 Å². The van der Waals surface area contributed by atoms with Gasteiger partial charge >= 0.3 is 6.18 Å². The van der Waals surface area contributed by atoms with Crippen molar-refractivity contribution in [1.29, 1.82) is 5.26 Å². The van der Waals surface area contributed by atoms with Crippen molar-refractivity contribution < 1.29 is 18.0 Å². The molecule has 0 aliphatic rings. The van der Waals surface area contributed by atoms with Gasteiger partial charge in [0.25, 0.3) is 0 Å². The summed E-state index contributed by atoms with van der Waals surface area (Å²) in [4.78, 5) is 11.4. The molecule has 0 saturated carbocycles. The smallest absolute Gasteiger partial charge is 0.322 e. The Kier molecular flexibility index (Phi) is 4.94. The van der Waals surface area contributed by atoms with Crippen LogP contribution in [0.3, 0.4) is 0 Å². The Balaban J connectivity index is 3.10. The molecule has 1 rings (SSSR count). The molecule has 0 atom stereocenters. The summed E-state index contributed by atoms with van der Waals surface area (Å²) in [7, 11) is 0. The molecule has 0 radical (unpaired) electrons. The van der Waals surface area contributed by atoms with E-state index >= 15 is 0 Å². The zero-order valence-corrected chi connectivity index (χ0v) is 11.8. The molecule has 1 aromatic carbocycles. The average Bonchev–Trinajstić information content (AvgIpc) is 2.26. The number of nitriles is 1. The van der Waals surface area contributed by atoms with Crippen molar-refractivity contribution in [2.45, 2.75) is 13.1 Å². The highest BCUT2D eigenvalue weighted by atomic mass is 127. The van der Waals surface area contributed by atoms with Gasteiger partial charge in [-0.05, 0) is 51.3 Å². The van der Waals surface area contributed by atoms with Crippen LogP contribution in [0.25, 0.3) is 0 Å². The first-order chi connectivity index (χ1) is 8.74. The Labute approximate surface area is 121 Å². The van der Waals surface area contributed by atoms with Crippen LogP contribution >= 0.6 is 22.6 Å². The monoisotopic (exact) mass is 380 g/mol. The van der Waals surface area contributed by atoms with Crippen molar-refractivity contribution in [3.05, 3.63) is 39.0 Å². The Morgan fingerprint density at radius 1 is 1.47 bits per heavy atom. The van der Waals surface area contributed by atoms with Crippen LogP contribution in [0.2, 0.25) is 0 Å². The highest BCUT2D eigenvalue weighted by Gasteiger charge is 2.33. The summed E-state index contributed by atoms with van der Waals surface area (Å²) < 4.78 is 38.8. The minimum atomic E-state index is -4.64. The molecule has 0 unspecified atom stereocenters. The topological polar surface area (TPSA) is 52.9 Å². The SMILES string of the molecule is C/C(I)=C/C(=O)Nc1ccc(C#N)c(C(F)(F)F)c1. The molecule has 0 bridgehead atoms.